The van der Waals surface area contributed by atoms with Crippen molar-refractivity contribution in [3.8, 4) is 0 Å². The Hall–Kier alpha value is -1.26. The topological polar surface area (TPSA) is 12.0 Å². The fourth-order valence-corrected chi connectivity index (χ4v) is 2.80. The summed E-state index contributed by atoms with van der Waals surface area (Å²) in [6.45, 7) is 1.96. The van der Waals surface area contributed by atoms with Crippen LogP contribution in [0.5, 0.6) is 0 Å². The maximum Gasteiger partial charge on any atom is 0.163 e. The Morgan fingerprint density at radius 1 is 1.16 bits per heavy atom. The molecule has 0 aromatic heterocycles. The predicted molar refractivity (Wildman–Crippen MR) is 76.1 cm³/mol. The van der Waals surface area contributed by atoms with Gasteiger partial charge in [0.15, 0.2) is 11.6 Å². The van der Waals surface area contributed by atoms with Crippen LogP contribution in [0.1, 0.15) is 22.7 Å². The Labute approximate surface area is 119 Å². The minimum absolute atomic E-state index is 0.306. The number of aryl methyl sites for hydroxylation is 1. The van der Waals surface area contributed by atoms with Crippen LogP contribution in [0.4, 0.5) is 8.78 Å². The second kappa shape index (κ2) is 5.80. The van der Waals surface area contributed by atoms with Crippen LogP contribution in [0, 0.1) is 18.6 Å². The van der Waals surface area contributed by atoms with Gasteiger partial charge < -0.3 is 5.32 Å². The summed E-state index contributed by atoms with van der Waals surface area (Å²) in [7, 11) is 1.73. The summed E-state index contributed by atoms with van der Waals surface area (Å²) in [6, 6.07) is 9.68. The molecule has 1 nitrogen and oxygen atoms in total. The fourth-order valence-electron chi connectivity index (χ4n) is 2.18. The highest BCUT2D eigenvalue weighted by atomic mass is 79.9. The van der Waals surface area contributed by atoms with E-state index < -0.39 is 11.6 Å². The van der Waals surface area contributed by atoms with Crippen molar-refractivity contribution in [1.29, 1.82) is 0 Å². The molecule has 2 aromatic carbocycles. The Kier molecular flexibility index (Phi) is 4.32. The summed E-state index contributed by atoms with van der Waals surface area (Å²) in [4.78, 5) is 0. The summed E-state index contributed by atoms with van der Waals surface area (Å²) in [5, 5.41) is 3.03. The van der Waals surface area contributed by atoms with E-state index in [9.17, 15) is 8.78 Å². The third kappa shape index (κ3) is 3.01. The minimum Gasteiger partial charge on any atom is -0.309 e. The largest absolute Gasteiger partial charge is 0.309 e. The van der Waals surface area contributed by atoms with Crippen molar-refractivity contribution in [2.75, 3.05) is 7.05 Å². The molecule has 19 heavy (non-hydrogen) atoms. The molecule has 0 amide bonds. The fraction of sp³-hybridized carbons (Fsp3) is 0.200. The Morgan fingerprint density at radius 3 is 2.53 bits per heavy atom. The average Bonchev–Trinajstić information content (AvgIpc) is 2.34. The van der Waals surface area contributed by atoms with Gasteiger partial charge in [0.2, 0.25) is 0 Å². The smallest absolute Gasteiger partial charge is 0.163 e. The summed E-state index contributed by atoms with van der Waals surface area (Å²) in [5.41, 5.74) is 2.25. The lowest BCUT2D eigenvalue weighted by Crippen LogP contribution is -2.19. The van der Waals surface area contributed by atoms with Crippen LogP contribution in [0.15, 0.2) is 40.9 Å². The lowest BCUT2D eigenvalue weighted by Gasteiger charge is -2.19. The molecule has 4 heteroatoms. The highest BCUT2D eigenvalue weighted by molar-refractivity contribution is 9.10. The first-order chi connectivity index (χ1) is 9.02. The van der Waals surface area contributed by atoms with E-state index in [0.717, 1.165) is 21.7 Å². The third-order valence-corrected chi connectivity index (χ3v) is 3.44. The van der Waals surface area contributed by atoms with Crippen LogP contribution in [0.2, 0.25) is 0 Å². The molecular formula is C15H14BrF2N. The molecular weight excluding hydrogens is 312 g/mol. The summed E-state index contributed by atoms with van der Waals surface area (Å²) < 4.78 is 28.2. The maximum atomic E-state index is 13.9. The van der Waals surface area contributed by atoms with Gasteiger partial charge in [0.05, 0.1) is 6.04 Å². The first-order valence-electron chi connectivity index (χ1n) is 5.91. The highest BCUT2D eigenvalue weighted by Crippen LogP contribution is 2.28. The summed E-state index contributed by atoms with van der Waals surface area (Å²) in [5.74, 6) is -1.64. The number of rotatable bonds is 3. The van der Waals surface area contributed by atoms with E-state index >= 15 is 0 Å². The number of hydrogen-bond donors (Lipinski definition) is 1. The zero-order chi connectivity index (χ0) is 14.0. The molecule has 0 heterocycles. The van der Waals surface area contributed by atoms with Crippen molar-refractivity contribution >= 4 is 15.9 Å². The van der Waals surface area contributed by atoms with Gasteiger partial charge in [0.1, 0.15) is 0 Å². The SMILES string of the molecule is CNC(c1cc(C)cc(Br)c1)c1cccc(F)c1F. The number of hydrogen-bond acceptors (Lipinski definition) is 1. The van der Waals surface area contributed by atoms with Crippen LogP contribution in [-0.2, 0) is 0 Å². The molecule has 0 spiro atoms. The molecule has 100 valence electrons. The van der Waals surface area contributed by atoms with Crippen molar-refractivity contribution in [2.24, 2.45) is 0 Å². The molecule has 1 N–H and O–H groups in total. The molecule has 2 rings (SSSR count). The van der Waals surface area contributed by atoms with E-state index in [1.54, 1.807) is 13.1 Å². The number of benzene rings is 2. The molecule has 0 radical (unpaired) electrons. The number of nitrogens with one attached hydrogen (secondary N) is 1. The number of halogens is 3. The van der Waals surface area contributed by atoms with Gasteiger partial charge in [-0.3, -0.25) is 0 Å². The van der Waals surface area contributed by atoms with E-state index in [1.165, 1.54) is 6.07 Å². The first kappa shape index (κ1) is 14.2. The zero-order valence-electron chi connectivity index (χ0n) is 10.7. The van der Waals surface area contributed by atoms with E-state index in [2.05, 4.69) is 21.2 Å². The molecule has 0 saturated carbocycles. The average molecular weight is 326 g/mol. The minimum atomic E-state index is -0.829. The molecule has 1 atom stereocenters. The molecule has 0 aliphatic heterocycles. The van der Waals surface area contributed by atoms with Crippen LogP contribution in [0.25, 0.3) is 0 Å². The van der Waals surface area contributed by atoms with Crippen molar-refractivity contribution in [3.63, 3.8) is 0 Å². The van der Waals surface area contributed by atoms with Crippen LogP contribution in [-0.4, -0.2) is 7.05 Å². The second-order valence-electron chi connectivity index (χ2n) is 4.43. The van der Waals surface area contributed by atoms with Gasteiger partial charge in [-0.1, -0.05) is 34.1 Å². The van der Waals surface area contributed by atoms with E-state index in [4.69, 9.17) is 0 Å². The molecule has 1 unspecified atom stereocenters. The van der Waals surface area contributed by atoms with E-state index in [1.807, 2.05) is 25.1 Å². The lowest BCUT2D eigenvalue weighted by molar-refractivity contribution is 0.487. The predicted octanol–water partition coefficient (Wildman–Crippen LogP) is 4.34. The third-order valence-electron chi connectivity index (χ3n) is 2.98. The monoisotopic (exact) mass is 325 g/mol. The highest BCUT2D eigenvalue weighted by Gasteiger charge is 2.18. The standard InChI is InChI=1S/C15H14BrF2N/c1-9-6-10(8-11(16)7-9)15(19-2)12-4-3-5-13(17)14(12)18/h3-8,15,19H,1-2H3. The van der Waals surface area contributed by atoms with Gasteiger partial charge >= 0.3 is 0 Å². The van der Waals surface area contributed by atoms with Crippen LogP contribution >= 0.6 is 15.9 Å². The Bertz CT molecular complexity index is 578. The lowest BCUT2D eigenvalue weighted by atomic mass is 9.97. The summed E-state index contributed by atoms with van der Waals surface area (Å²) >= 11 is 3.42. The van der Waals surface area contributed by atoms with Gasteiger partial charge in [-0.05, 0) is 43.3 Å². The molecule has 0 saturated heterocycles. The van der Waals surface area contributed by atoms with Crippen molar-refractivity contribution < 1.29 is 8.78 Å². The maximum absolute atomic E-state index is 13.9. The molecule has 0 fully saturated rings. The first-order valence-corrected chi connectivity index (χ1v) is 6.70. The molecule has 0 bridgehead atoms. The van der Waals surface area contributed by atoms with Crippen molar-refractivity contribution in [1.82, 2.24) is 5.32 Å². The van der Waals surface area contributed by atoms with Gasteiger partial charge in [-0.2, -0.15) is 0 Å². The molecule has 0 aliphatic rings. The molecule has 2 aromatic rings. The Morgan fingerprint density at radius 2 is 1.89 bits per heavy atom. The van der Waals surface area contributed by atoms with Gasteiger partial charge in [-0.15, -0.1) is 0 Å². The van der Waals surface area contributed by atoms with E-state index in [-0.39, 0.29) is 6.04 Å². The second-order valence-corrected chi connectivity index (χ2v) is 5.34. The van der Waals surface area contributed by atoms with Crippen LogP contribution < -0.4 is 5.32 Å². The molecule has 0 aliphatic carbocycles. The van der Waals surface area contributed by atoms with Gasteiger partial charge in [-0.25, -0.2) is 8.78 Å². The Balaban J connectivity index is 2.53. The summed E-state index contributed by atoms with van der Waals surface area (Å²) in [6.07, 6.45) is 0. The van der Waals surface area contributed by atoms with Crippen molar-refractivity contribution in [3.05, 3.63) is 69.2 Å². The van der Waals surface area contributed by atoms with E-state index in [0.29, 0.717) is 5.56 Å². The quantitative estimate of drug-likeness (QED) is 0.884. The van der Waals surface area contributed by atoms with Gasteiger partial charge in [0.25, 0.3) is 0 Å². The normalized spacial score (nSPS) is 12.5. The van der Waals surface area contributed by atoms with Crippen molar-refractivity contribution in [2.45, 2.75) is 13.0 Å². The van der Waals surface area contributed by atoms with Gasteiger partial charge in [0, 0.05) is 10.0 Å². The van der Waals surface area contributed by atoms with Crippen LogP contribution in [0.3, 0.4) is 0 Å². The zero-order valence-corrected chi connectivity index (χ0v) is 12.3.